The number of carbonyl (C=O) groups is 1. The van der Waals surface area contributed by atoms with Crippen molar-refractivity contribution in [2.24, 2.45) is 0 Å². The standard InChI is InChI=1S/C21H22N2O3/c1-13(2)22-19-7-5-6-17-18(19)12-14(3)23-20(17)26-16-10-8-15(9-11-16)21(24)25-4/h5-13,22H,1-4H3. The Hall–Kier alpha value is -3.08. The number of nitrogens with zero attached hydrogens (tertiary/aromatic N) is 1. The van der Waals surface area contributed by atoms with E-state index >= 15 is 0 Å². The molecule has 0 atom stereocenters. The van der Waals surface area contributed by atoms with Gasteiger partial charge in [-0.05, 0) is 63.2 Å². The van der Waals surface area contributed by atoms with Crippen LogP contribution in [0, 0.1) is 6.92 Å². The van der Waals surface area contributed by atoms with Gasteiger partial charge in [0, 0.05) is 28.2 Å². The minimum atomic E-state index is -0.375. The minimum absolute atomic E-state index is 0.323. The zero-order valence-electron chi connectivity index (χ0n) is 15.4. The summed E-state index contributed by atoms with van der Waals surface area (Å²) in [5.41, 5.74) is 2.40. The molecule has 0 fully saturated rings. The maximum absolute atomic E-state index is 11.5. The van der Waals surface area contributed by atoms with Crippen molar-refractivity contribution in [1.29, 1.82) is 0 Å². The Labute approximate surface area is 153 Å². The number of pyridine rings is 1. The van der Waals surface area contributed by atoms with E-state index in [0.29, 0.717) is 23.2 Å². The van der Waals surface area contributed by atoms with E-state index in [1.54, 1.807) is 24.3 Å². The highest BCUT2D eigenvalue weighted by molar-refractivity contribution is 5.97. The molecule has 1 N–H and O–H groups in total. The molecule has 2 aromatic carbocycles. The molecule has 26 heavy (non-hydrogen) atoms. The summed E-state index contributed by atoms with van der Waals surface area (Å²) in [7, 11) is 1.36. The predicted molar refractivity (Wildman–Crippen MR) is 103 cm³/mol. The van der Waals surface area contributed by atoms with E-state index in [0.717, 1.165) is 22.2 Å². The van der Waals surface area contributed by atoms with Crippen molar-refractivity contribution in [3.8, 4) is 11.6 Å². The number of aromatic nitrogens is 1. The molecule has 0 saturated heterocycles. The molecule has 0 spiro atoms. The number of hydrogen-bond donors (Lipinski definition) is 1. The lowest BCUT2D eigenvalue weighted by atomic mass is 10.1. The maximum Gasteiger partial charge on any atom is 0.337 e. The largest absolute Gasteiger partial charge is 0.465 e. The van der Waals surface area contributed by atoms with Crippen molar-refractivity contribution in [2.75, 3.05) is 12.4 Å². The Morgan fingerprint density at radius 3 is 2.46 bits per heavy atom. The number of carbonyl (C=O) groups excluding carboxylic acids is 1. The Morgan fingerprint density at radius 1 is 1.08 bits per heavy atom. The zero-order valence-corrected chi connectivity index (χ0v) is 15.4. The van der Waals surface area contributed by atoms with Crippen LogP contribution in [-0.2, 0) is 4.74 Å². The molecule has 0 amide bonds. The average Bonchev–Trinajstić information content (AvgIpc) is 2.62. The number of fused-ring (bicyclic) bond motifs is 1. The number of ether oxygens (including phenoxy) is 2. The van der Waals surface area contributed by atoms with Crippen LogP contribution in [0.2, 0.25) is 0 Å². The van der Waals surface area contributed by atoms with Gasteiger partial charge in [0.2, 0.25) is 5.88 Å². The molecule has 0 radical (unpaired) electrons. The molecule has 0 bridgehead atoms. The lowest BCUT2D eigenvalue weighted by Crippen LogP contribution is -2.10. The number of rotatable bonds is 5. The summed E-state index contributed by atoms with van der Waals surface area (Å²) in [6, 6.07) is 15.2. The van der Waals surface area contributed by atoms with Crippen molar-refractivity contribution in [1.82, 2.24) is 4.98 Å². The normalized spacial score (nSPS) is 10.8. The van der Waals surface area contributed by atoms with Crippen LogP contribution in [0.5, 0.6) is 11.6 Å². The summed E-state index contributed by atoms with van der Waals surface area (Å²) in [6.07, 6.45) is 0. The van der Waals surface area contributed by atoms with Gasteiger partial charge in [0.1, 0.15) is 5.75 Å². The topological polar surface area (TPSA) is 60.5 Å². The Bertz CT molecular complexity index is 934. The van der Waals surface area contributed by atoms with Crippen molar-refractivity contribution in [2.45, 2.75) is 26.8 Å². The van der Waals surface area contributed by atoms with Crippen LogP contribution in [0.25, 0.3) is 10.8 Å². The molecule has 0 saturated carbocycles. The van der Waals surface area contributed by atoms with Gasteiger partial charge in [-0.2, -0.15) is 0 Å². The second kappa shape index (κ2) is 7.44. The van der Waals surface area contributed by atoms with Crippen LogP contribution >= 0.6 is 0 Å². The molecule has 0 aliphatic carbocycles. The van der Waals surface area contributed by atoms with Crippen LogP contribution < -0.4 is 10.1 Å². The van der Waals surface area contributed by atoms with Gasteiger partial charge in [0.05, 0.1) is 12.7 Å². The first-order chi connectivity index (χ1) is 12.5. The SMILES string of the molecule is COC(=O)c1ccc(Oc2nc(C)cc3c(NC(C)C)cccc23)cc1. The van der Waals surface area contributed by atoms with Gasteiger partial charge < -0.3 is 14.8 Å². The molecular formula is C21H22N2O3. The smallest absolute Gasteiger partial charge is 0.337 e. The van der Waals surface area contributed by atoms with Gasteiger partial charge in [-0.15, -0.1) is 0 Å². The lowest BCUT2D eigenvalue weighted by Gasteiger charge is -2.15. The molecule has 5 heteroatoms. The number of esters is 1. The third-order valence-electron chi connectivity index (χ3n) is 3.90. The van der Waals surface area contributed by atoms with Gasteiger partial charge in [0.15, 0.2) is 0 Å². The first kappa shape index (κ1) is 17.7. The summed E-state index contributed by atoms with van der Waals surface area (Å²) in [5.74, 6) is 0.776. The van der Waals surface area contributed by atoms with Crippen LogP contribution in [0.15, 0.2) is 48.5 Å². The minimum Gasteiger partial charge on any atom is -0.465 e. The molecule has 1 heterocycles. The Balaban J connectivity index is 1.98. The van der Waals surface area contributed by atoms with Gasteiger partial charge in [-0.3, -0.25) is 0 Å². The summed E-state index contributed by atoms with van der Waals surface area (Å²) >= 11 is 0. The fourth-order valence-corrected chi connectivity index (χ4v) is 2.77. The molecule has 5 nitrogen and oxygen atoms in total. The molecule has 1 aromatic heterocycles. The van der Waals surface area contributed by atoms with E-state index in [2.05, 4.69) is 30.2 Å². The summed E-state index contributed by atoms with van der Waals surface area (Å²) < 4.78 is 10.7. The van der Waals surface area contributed by atoms with Gasteiger partial charge >= 0.3 is 5.97 Å². The van der Waals surface area contributed by atoms with Crippen molar-refractivity contribution in [3.05, 3.63) is 59.8 Å². The van der Waals surface area contributed by atoms with E-state index < -0.39 is 0 Å². The maximum atomic E-state index is 11.5. The van der Waals surface area contributed by atoms with Crippen LogP contribution in [0.3, 0.4) is 0 Å². The van der Waals surface area contributed by atoms with Gasteiger partial charge in [-0.1, -0.05) is 6.07 Å². The van der Waals surface area contributed by atoms with Gasteiger partial charge in [0.25, 0.3) is 0 Å². The summed E-state index contributed by atoms with van der Waals surface area (Å²) in [5, 5.41) is 5.45. The molecule has 3 aromatic rings. The zero-order chi connectivity index (χ0) is 18.7. The number of methoxy groups -OCH3 is 1. The highest BCUT2D eigenvalue weighted by atomic mass is 16.5. The number of benzene rings is 2. The van der Waals surface area contributed by atoms with Crippen LogP contribution in [0.1, 0.15) is 29.9 Å². The van der Waals surface area contributed by atoms with Crippen molar-refractivity contribution >= 4 is 22.4 Å². The number of aryl methyl sites for hydroxylation is 1. The average molecular weight is 350 g/mol. The van der Waals surface area contributed by atoms with Crippen LogP contribution in [-0.4, -0.2) is 24.1 Å². The molecule has 0 unspecified atom stereocenters. The molecule has 3 rings (SSSR count). The van der Waals surface area contributed by atoms with Crippen LogP contribution in [0.4, 0.5) is 5.69 Å². The monoisotopic (exact) mass is 350 g/mol. The number of nitrogens with one attached hydrogen (secondary N) is 1. The highest BCUT2D eigenvalue weighted by Gasteiger charge is 2.11. The first-order valence-electron chi connectivity index (χ1n) is 8.51. The van der Waals surface area contributed by atoms with E-state index in [9.17, 15) is 4.79 Å². The Morgan fingerprint density at radius 2 is 1.81 bits per heavy atom. The molecule has 0 aliphatic rings. The number of hydrogen-bond acceptors (Lipinski definition) is 5. The third-order valence-corrected chi connectivity index (χ3v) is 3.90. The fourth-order valence-electron chi connectivity index (χ4n) is 2.77. The van der Waals surface area contributed by atoms with Crippen molar-refractivity contribution < 1.29 is 14.3 Å². The number of anilines is 1. The Kier molecular flexibility index (Phi) is 5.07. The summed E-state index contributed by atoms with van der Waals surface area (Å²) in [4.78, 5) is 16.1. The van der Waals surface area contributed by atoms with E-state index in [-0.39, 0.29) is 5.97 Å². The second-order valence-electron chi connectivity index (χ2n) is 6.39. The summed E-state index contributed by atoms with van der Waals surface area (Å²) in [6.45, 7) is 6.15. The molecule has 0 aliphatic heterocycles. The highest BCUT2D eigenvalue weighted by Crippen LogP contribution is 2.33. The quantitative estimate of drug-likeness (QED) is 0.660. The van der Waals surface area contributed by atoms with E-state index in [4.69, 9.17) is 9.47 Å². The second-order valence-corrected chi connectivity index (χ2v) is 6.39. The first-order valence-corrected chi connectivity index (χ1v) is 8.51. The predicted octanol–water partition coefficient (Wildman–Crippen LogP) is 4.94. The van der Waals surface area contributed by atoms with E-state index in [1.807, 2.05) is 25.1 Å². The van der Waals surface area contributed by atoms with Gasteiger partial charge in [-0.25, -0.2) is 9.78 Å². The molecular weight excluding hydrogens is 328 g/mol. The van der Waals surface area contributed by atoms with E-state index in [1.165, 1.54) is 7.11 Å². The lowest BCUT2D eigenvalue weighted by molar-refractivity contribution is 0.0600. The molecule has 134 valence electrons. The third kappa shape index (κ3) is 3.77. The van der Waals surface area contributed by atoms with Crippen molar-refractivity contribution in [3.63, 3.8) is 0 Å². The fraction of sp³-hybridized carbons (Fsp3) is 0.238.